The van der Waals surface area contributed by atoms with Crippen molar-refractivity contribution in [3.8, 4) is 11.5 Å². The SMILES string of the molecule is Cc1ccc(C)c(OCC(=O)NCc2nc3ccccc3n2CCCOc2ccccc2Cl)c1. The van der Waals surface area contributed by atoms with Gasteiger partial charge in [0.2, 0.25) is 0 Å². The highest BCUT2D eigenvalue weighted by molar-refractivity contribution is 6.32. The molecule has 4 aromatic rings. The molecule has 0 saturated heterocycles. The molecule has 0 spiro atoms. The maximum absolute atomic E-state index is 12.5. The Balaban J connectivity index is 1.36. The number of aromatic nitrogens is 2. The number of hydrogen-bond donors (Lipinski definition) is 1. The van der Waals surface area contributed by atoms with Gasteiger partial charge in [-0.3, -0.25) is 4.79 Å². The normalized spacial score (nSPS) is 10.9. The lowest BCUT2D eigenvalue weighted by atomic mass is 10.1. The average molecular weight is 478 g/mol. The molecule has 0 aliphatic heterocycles. The van der Waals surface area contributed by atoms with E-state index in [-0.39, 0.29) is 12.5 Å². The van der Waals surface area contributed by atoms with Gasteiger partial charge in [-0.05, 0) is 61.7 Å². The van der Waals surface area contributed by atoms with E-state index in [0.29, 0.717) is 30.5 Å². The van der Waals surface area contributed by atoms with Gasteiger partial charge in [0.1, 0.15) is 17.3 Å². The molecule has 0 aliphatic carbocycles. The van der Waals surface area contributed by atoms with Crippen LogP contribution < -0.4 is 14.8 Å². The highest BCUT2D eigenvalue weighted by atomic mass is 35.5. The van der Waals surface area contributed by atoms with Crippen molar-refractivity contribution in [1.82, 2.24) is 14.9 Å². The summed E-state index contributed by atoms with van der Waals surface area (Å²) in [5, 5.41) is 3.53. The van der Waals surface area contributed by atoms with Gasteiger partial charge >= 0.3 is 0 Å². The molecule has 176 valence electrons. The molecule has 0 aliphatic rings. The van der Waals surface area contributed by atoms with E-state index in [1.165, 1.54) is 0 Å². The molecule has 1 heterocycles. The number of nitrogens with zero attached hydrogens (tertiary/aromatic N) is 2. The van der Waals surface area contributed by atoms with E-state index in [9.17, 15) is 4.79 Å². The third-order valence-electron chi connectivity index (χ3n) is 5.50. The molecule has 1 aromatic heterocycles. The van der Waals surface area contributed by atoms with Crippen molar-refractivity contribution in [2.45, 2.75) is 33.4 Å². The minimum absolute atomic E-state index is 0.0454. The molecule has 4 rings (SSSR count). The van der Waals surface area contributed by atoms with Crippen LogP contribution in [0, 0.1) is 13.8 Å². The van der Waals surface area contributed by atoms with Crippen LogP contribution in [0.1, 0.15) is 23.4 Å². The number of benzene rings is 3. The average Bonchev–Trinajstić information content (AvgIpc) is 3.19. The summed E-state index contributed by atoms with van der Waals surface area (Å²) in [5.41, 5.74) is 4.01. The van der Waals surface area contributed by atoms with Gasteiger partial charge in [-0.25, -0.2) is 4.98 Å². The summed E-state index contributed by atoms with van der Waals surface area (Å²) in [5.74, 6) is 2.00. The highest BCUT2D eigenvalue weighted by Gasteiger charge is 2.12. The third-order valence-corrected chi connectivity index (χ3v) is 5.81. The first kappa shape index (κ1) is 23.6. The number of carbonyl (C=O) groups is 1. The molecule has 6 nitrogen and oxygen atoms in total. The van der Waals surface area contributed by atoms with Crippen molar-refractivity contribution in [1.29, 1.82) is 0 Å². The van der Waals surface area contributed by atoms with Crippen LogP contribution >= 0.6 is 11.6 Å². The second-order valence-corrected chi connectivity index (χ2v) is 8.54. The number of aryl methyl sites for hydroxylation is 3. The van der Waals surface area contributed by atoms with Crippen LogP contribution in [0.2, 0.25) is 5.02 Å². The monoisotopic (exact) mass is 477 g/mol. The van der Waals surface area contributed by atoms with Gasteiger partial charge in [0.25, 0.3) is 5.91 Å². The fourth-order valence-electron chi connectivity index (χ4n) is 3.71. The first-order valence-electron chi connectivity index (χ1n) is 11.3. The van der Waals surface area contributed by atoms with Crippen LogP contribution in [0.4, 0.5) is 0 Å². The van der Waals surface area contributed by atoms with Gasteiger partial charge in [0.05, 0.1) is 29.2 Å². The molecule has 1 amide bonds. The Bertz CT molecular complexity index is 1290. The van der Waals surface area contributed by atoms with Gasteiger partial charge in [0, 0.05) is 6.54 Å². The molecule has 1 N–H and O–H groups in total. The topological polar surface area (TPSA) is 65.4 Å². The number of carbonyl (C=O) groups excluding carboxylic acids is 1. The summed E-state index contributed by atoms with van der Waals surface area (Å²) in [6.07, 6.45) is 0.766. The van der Waals surface area contributed by atoms with Crippen LogP contribution in [0.25, 0.3) is 11.0 Å². The summed E-state index contributed by atoms with van der Waals surface area (Å²) in [6, 6.07) is 21.3. The number of amides is 1. The molecule has 34 heavy (non-hydrogen) atoms. The van der Waals surface area contributed by atoms with Gasteiger partial charge in [-0.15, -0.1) is 0 Å². The summed E-state index contributed by atoms with van der Waals surface area (Å²) in [4.78, 5) is 17.2. The van der Waals surface area contributed by atoms with Crippen LogP contribution in [-0.2, 0) is 17.9 Å². The Morgan fingerprint density at radius 1 is 1.00 bits per heavy atom. The number of rotatable bonds is 10. The molecular weight excluding hydrogens is 450 g/mol. The molecular formula is C27H28ClN3O3. The lowest BCUT2D eigenvalue weighted by Gasteiger charge is -2.12. The summed E-state index contributed by atoms with van der Waals surface area (Å²) >= 11 is 6.17. The van der Waals surface area contributed by atoms with Crippen LogP contribution in [0.5, 0.6) is 11.5 Å². The van der Waals surface area contributed by atoms with E-state index in [1.54, 1.807) is 0 Å². The van der Waals surface area contributed by atoms with Crippen molar-refractivity contribution in [3.05, 3.63) is 88.7 Å². The van der Waals surface area contributed by atoms with E-state index in [2.05, 4.69) is 9.88 Å². The molecule has 3 aromatic carbocycles. The van der Waals surface area contributed by atoms with E-state index in [0.717, 1.165) is 40.2 Å². The molecule has 0 unspecified atom stereocenters. The Hall–Kier alpha value is -3.51. The van der Waals surface area contributed by atoms with E-state index in [4.69, 9.17) is 26.1 Å². The first-order valence-corrected chi connectivity index (χ1v) is 11.7. The number of hydrogen-bond acceptors (Lipinski definition) is 4. The first-order chi connectivity index (χ1) is 16.5. The quantitative estimate of drug-likeness (QED) is 0.307. The number of ether oxygens (including phenoxy) is 2. The van der Waals surface area contributed by atoms with Crippen molar-refractivity contribution < 1.29 is 14.3 Å². The maximum atomic E-state index is 12.5. The van der Waals surface area contributed by atoms with E-state index >= 15 is 0 Å². The number of nitrogens with one attached hydrogen (secondary N) is 1. The largest absolute Gasteiger partial charge is 0.492 e. The van der Waals surface area contributed by atoms with E-state index in [1.807, 2.05) is 80.6 Å². The molecule has 0 bridgehead atoms. The molecule has 0 radical (unpaired) electrons. The number of para-hydroxylation sites is 3. The lowest BCUT2D eigenvalue weighted by molar-refractivity contribution is -0.123. The van der Waals surface area contributed by atoms with Crippen molar-refractivity contribution in [2.75, 3.05) is 13.2 Å². The van der Waals surface area contributed by atoms with Gasteiger partial charge in [-0.1, -0.05) is 48.0 Å². The molecule has 0 fully saturated rings. The zero-order valence-electron chi connectivity index (χ0n) is 19.4. The molecule has 7 heteroatoms. The number of fused-ring (bicyclic) bond motifs is 1. The van der Waals surface area contributed by atoms with Crippen LogP contribution in [0.15, 0.2) is 66.7 Å². The van der Waals surface area contributed by atoms with E-state index < -0.39 is 0 Å². The fourth-order valence-corrected chi connectivity index (χ4v) is 3.90. The Labute approximate surface area is 204 Å². The predicted molar refractivity (Wildman–Crippen MR) is 135 cm³/mol. The van der Waals surface area contributed by atoms with Crippen LogP contribution in [0.3, 0.4) is 0 Å². The number of imidazole rings is 1. The summed E-state index contributed by atoms with van der Waals surface area (Å²) in [7, 11) is 0. The van der Waals surface area contributed by atoms with Gasteiger partial charge in [-0.2, -0.15) is 0 Å². The summed E-state index contributed by atoms with van der Waals surface area (Å²) < 4.78 is 13.7. The Morgan fingerprint density at radius 2 is 1.79 bits per heavy atom. The van der Waals surface area contributed by atoms with Gasteiger partial charge in [0.15, 0.2) is 6.61 Å². The Kier molecular flexibility index (Phi) is 7.70. The molecule has 0 atom stereocenters. The zero-order chi connectivity index (χ0) is 23.9. The van der Waals surface area contributed by atoms with Crippen molar-refractivity contribution >= 4 is 28.5 Å². The van der Waals surface area contributed by atoms with Crippen molar-refractivity contribution in [2.24, 2.45) is 0 Å². The zero-order valence-corrected chi connectivity index (χ0v) is 20.1. The minimum Gasteiger partial charge on any atom is -0.492 e. The lowest BCUT2D eigenvalue weighted by Crippen LogP contribution is -2.29. The predicted octanol–water partition coefficient (Wildman–Crippen LogP) is 5.47. The van der Waals surface area contributed by atoms with Crippen molar-refractivity contribution in [3.63, 3.8) is 0 Å². The van der Waals surface area contributed by atoms with Gasteiger partial charge < -0.3 is 19.4 Å². The minimum atomic E-state index is -0.193. The Morgan fingerprint density at radius 3 is 2.65 bits per heavy atom. The standard InChI is InChI=1S/C27H28ClN3O3/c1-19-12-13-20(2)25(16-19)34-18-27(32)29-17-26-30-22-9-4-5-10-23(22)31(26)14-7-15-33-24-11-6-3-8-21(24)28/h3-6,8-13,16H,7,14-15,17-18H2,1-2H3,(H,29,32). The highest BCUT2D eigenvalue weighted by Crippen LogP contribution is 2.23. The second-order valence-electron chi connectivity index (χ2n) is 8.14. The second kappa shape index (κ2) is 11.1. The third kappa shape index (κ3) is 5.88. The van der Waals surface area contributed by atoms with Crippen LogP contribution in [-0.4, -0.2) is 28.7 Å². The molecule has 0 saturated carbocycles. The fraction of sp³-hybridized carbons (Fsp3) is 0.259. The smallest absolute Gasteiger partial charge is 0.258 e. The number of halogens is 1. The summed E-state index contributed by atoms with van der Waals surface area (Å²) in [6.45, 7) is 5.45. The maximum Gasteiger partial charge on any atom is 0.258 e.